The molecule has 7 heteroatoms. The van der Waals surface area contributed by atoms with Crippen molar-refractivity contribution >= 4 is 29.2 Å². The van der Waals surface area contributed by atoms with Crippen LogP contribution in [0, 0.1) is 20.8 Å². The van der Waals surface area contributed by atoms with Crippen LogP contribution in [0.1, 0.15) is 46.9 Å². The van der Waals surface area contributed by atoms with Crippen LogP contribution in [0.3, 0.4) is 0 Å². The van der Waals surface area contributed by atoms with Crippen molar-refractivity contribution in [3.63, 3.8) is 0 Å². The predicted molar refractivity (Wildman–Crippen MR) is 102 cm³/mol. The van der Waals surface area contributed by atoms with Crippen LogP contribution in [0.15, 0.2) is 18.2 Å². The van der Waals surface area contributed by atoms with Crippen molar-refractivity contribution in [2.45, 2.75) is 47.1 Å². The van der Waals surface area contributed by atoms with Crippen molar-refractivity contribution in [1.82, 2.24) is 9.78 Å². The highest BCUT2D eigenvalue weighted by molar-refractivity contribution is 6.32. The highest BCUT2D eigenvalue weighted by Crippen LogP contribution is 2.21. The molecule has 0 saturated heterocycles. The molecule has 0 atom stereocenters. The summed E-state index contributed by atoms with van der Waals surface area (Å²) in [4.78, 5) is 24.4. The first kappa shape index (κ1) is 20.0. The molecule has 26 heavy (non-hydrogen) atoms. The second kappa shape index (κ2) is 8.85. The molecule has 0 fully saturated rings. The van der Waals surface area contributed by atoms with Crippen LogP contribution in [-0.4, -0.2) is 28.3 Å². The summed E-state index contributed by atoms with van der Waals surface area (Å²) in [7, 11) is 0. The molecule has 1 aromatic carbocycles. The van der Waals surface area contributed by atoms with Crippen molar-refractivity contribution in [3.8, 4) is 0 Å². The molecule has 0 aliphatic rings. The van der Waals surface area contributed by atoms with Crippen LogP contribution in [0.5, 0.6) is 0 Å². The van der Waals surface area contributed by atoms with Gasteiger partial charge < -0.3 is 10.1 Å². The molecule has 0 bridgehead atoms. The zero-order valence-electron chi connectivity index (χ0n) is 15.6. The van der Waals surface area contributed by atoms with Crippen LogP contribution in [0.4, 0.5) is 5.69 Å². The lowest BCUT2D eigenvalue weighted by atomic mass is 10.1. The molecule has 0 radical (unpaired) electrons. The Morgan fingerprint density at radius 2 is 2.00 bits per heavy atom. The number of carbonyl (C=O) groups excluding carboxylic acids is 2. The van der Waals surface area contributed by atoms with Crippen LogP contribution in [-0.2, 0) is 16.1 Å². The van der Waals surface area contributed by atoms with E-state index in [-0.39, 0.29) is 17.3 Å². The van der Waals surface area contributed by atoms with Crippen molar-refractivity contribution in [2.24, 2.45) is 0 Å². The number of unbranched alkanes of at least 4 members (excludes halogenated alkanes) is 1. The van der Waals surface area contributed by atoms with Gasteiger partial charge in [0.15, 0.2) is 6.61 Å². The van der Waals surface area contributed by atoms with E-state index in [0.717, 1.165) is 24.0 Å². The fraction of sp³-hybridized carbons (Fsp3) is 0.421. The summed E-state index contributed by atoms with van der Waals surface area (Å²) in [6, 6.07) is 5.70. The number of hydrogen-bond donors (Lipinski definition) is 1. The highest BCUT2D eigenvalue weighted by atomic mass is 35.5. The van der Waals surface area contributed by atoms with Gasteiger partial charge in [0.2, 0.25) is 0 Å². The molecule has 1 heterocycles. The predicted octanol–water partition coefficient (Wildman–Crippen LogP) is 4.06. The van der Waals surface area contributed by atoms with Crippen LogP contribution in [0.2, 0.25) is 5.15 Å². The maximum absolute atomic E-state index is 12.3. The second-order valence-corrected chi connectivity index (χ2v) is 6.63. The monoisotopic (exact) mass is 377 g/mol. The van der Waals surface area contributed by atoms with Crippen molar-refractivity contribution < 1.29 is 14.3 Å². The topological polar surface area (TPSA) is 73.2 Å². The third-order valence-corrected chi connectivity index (χ3v) is 4.37. The average molecular weight is 378 g/mol. The number of anilines is 1. The first-order valence-electron chi connectivity index (χ1n) is 8.60. The smallest absolute Gasteiger partial charge is 0.343 e. The van der Waals surface area contributed by atoms with Gasteiger partial charge in [-0.2, -0.15) is 5.10 Å². The number of hydrogen-bond acceptors (Lipinski definition) is 4. The molecule has 0 spiro atoms. The van der Waals surface area contributed by atoms with E-state index < -0.39 is 11.9 Å². The number of nitrogens with one attached hydrogen (secondary N) is 1. The summed E-state index contributed by atoms with van der Waals surface area (Å²) in [6.45, 7) is 7.89. The summed E-state index contributed by atoms with van der Waals surface area (Å²) < 4.78 is 6.71. The van der Waals surface area contributed by atoms with Crippen molar-refractivity contribution in [2.75, 3.05) is 11.9 Å². The Kier molecular flexibility index (Phi) is 6.80. The third-order valence-electron chi connectivity index (χ3n) is 3.98. The van der Waals surface area contributed by atoms with Gasteiger partial charge in [-0.1, -0.05) is 42.6 Å². The van der Waals surface area contributed by atoms with Gasteiger partial charge in [-0.05, 0) is 38.8 Å². The van der Waals surface area contributed by atoms with Crippen molar-refractivity contribution in [1.29, 1.82) is 0 Å². The number of aromatic nitrogens is 2. The molecule has 0 aliphatic heterocycles. The van der Waals surface area contributed by atoms with Gasteiger partial charge in [-0.25, -0.2) is 4.79 Å². The van der Waals surface area contributed by atoms with E-state index in [1.54, 1.807) is 11.6 Å². The van der Waals surface area contributed by atoms with E-state index >= 15 is 0 Å². The van der Waals surface area contributed by atoms with E-state index in [4.69, 9.17) is 16.3 Å². The fourth-order valence-corrected chi connectivity index (χ4v) is 2.92. The Balaban J connectivity index is 1.98. The number of halogens is 1. The Morgan fingerprint density at radius 1 is 1.27 bits per heavy atom. The van der Waals surface area contributed by atoms with E-state index in [9.17, 15) is 9.59 Å². The molecule has 1 N–H and O–H groups in total. The summed E-state index contributed by atoms with van der Waals surface area (Å²) >= 11 is 6.24. The van der Waals surface area contributed by atoms with Gasteiger partial charge >= 0.3 is 5.97 Å². The standard InChI is InChI=1S/C19H24ClN3O3/c1-5-6-9-23-18(20)17(14(4)22-23)19(25)26-11-16(24)21-15-8-7-12(2)10-13(15)3/h7-8,10H,5-6,9,11H2,1-4H3,(H,21,24). The first-order valence-corrected chi connectivity index (χ1v) is 8.98. The van der Waals surface area contributed by atoms with Crippen LogP contribution in [0.25, 0.3) is 0 Å². The normalized spacial score (nSPS) is 10.7. The molecule has 0 unspecified atom stereocenters. The molecule has 2 aromatic rings. The van der Waals surface area contributed by atoms with Gasteiger partial charge in [0.05, 0.1) is 5.69 Å². The molecular weight excluding hydrogens is 354 g/mol. The van der Waals surface area contributed by atoms with Crippen LogP contribution < -0.4 is 5.32 Å². The molecule has 140 valence electrons. The summed E-state index contributed by atoms with van der Waals surface area (Å²) in [5, 5.41) is 7.25. The Labute approximate surface area is 158 Å². The summed E-state index contributed by atoms with van der Waals surface area (Å²) in [6.07, 6.45) is 1.90. The lowest BCUT2D eigenvalue weighted by molar-refractivity contribution is -0.119. The number of ether oxygens (including phenoxy) is 1. The van der Waals surface area contributed by atoms with Crippen molar-refractivity contribution in [3.05, 3.63) is 45.7 Å². The van der Waals surface area contributed by atoms with E-state index in [0.29, 0.717) is 17.9 Å². The number of aryl methyl sites for hydroxylation is 4. The zero-order chi connectivity index (χ0) is 19.3. The second-order valence-electron chi connectivity index (χ2n) is 6.27. The molecule has 0 saturated carbocycles. The van der Waals surface area contributed by atoms with E-state index in [2.05, 4.69) is 17.3 Å². The lowest BCUT2D eigenvalue weighted by Crippen LogP contribution is -2.21. The number of benzene rings is 1. The van der Waals surface area contributed by atoms with Crippen LogP contribution >= 0.6 is 11.6 Å². The Morgan fingerprint density at radius 3 is 2.65 bits per heavy atom. The summed E-state index contributed by atoms with van der Waals surface area (Å²) in [5.74, 6) is -1.05. The maximum atomic E-state index is 12.3. The third kappa shape index (κ3) is 4.85. The largest absolute Gasteiger partial charge is 0.452 e. The first-order chi connectivity index (χ1) is 12.3. The number of esters is 1. The Hall–Kier alpha value is -2.34. The summed E-state index contributed by atoms with van der Waals surface area (Å²) in [5.41, 5.74) is 3.45. The minimum atomic E-state index is -0.647. The van der Waals surface area contributed by atoms with Gasteiger partial charge in [0.1, 0.15) is 10.7 Å². The molecule has 1 amide bonds. The highest BCUT2D eigenvalue weighted by Gasteiger charge is 2.22. The molecular formula is C19H24ClN3O3. The molecule has 2 rings (SSSR count). The zero-order valence-corrected chi connectivity index (χ0v) is 16.3. The molecule has 0 aliphatic carbocycles. The lowest BCUT2D eigenvalue weighted by Gasteiger charge is -2.09. The van der Waals surface area contributed by atoms with E-state index in [1.807, 2.05) is 32.0 Å². The number of nitrogens with zero attached hydrogens (tertiary/aromatic N) is 2. The number of rotatable bonds is 7. The maximum Gasteiger partial charge on any atom is 0.343 e. The molecule has 6 nitrogen and oxygen atoms in total. The minimum absolute atomic E-state index is 0.210. The van der Waals surface area contributed by atoms with Gasteiger partial charge in [-0.3, -0.25) is 9.48 Å². The fourth-order valence-electron chi connectivity index (χ4n) is 2.58. The van der Waals surface area contributed by atoms with Gasteiger partial charge in [-0.15, -0.1) is 0 Å². The number of carbonyl (C=O) groups is 2. The minimum Gasteiger partial charge on any atom is -0.452 e. The molecule has 1 aromatic heterocycles. The quantitative estimate of drug-likeness (QED) is 0.738. The van der Waals surface area contributed by atoms with Gasteiger partial charge in [0, 0.05) is 12.2 Å². The SMILES string of the molecule is CCCCn1nc(C)c(C(=O)OCC(=O)Nc2ccc(C)cc2C)c1Cl. The average Bonchev–Trinajstić information content (AvgIpc) is 2.87. The van der Waals surface area contributed by atoms with E-state index in [1.165, 1.54) is 0 Å². The van der Waals surface area contributed by atoms with Gasteiger partial charge in [0.25, 0.3) is 5.91 Å². The number of amides is 1. The Bertz CT molecular complexity index is 815.